The lowest BCUT2D eigenvalue weighted by molar-refractivity contribution is -0.135. The fourth-order valence-electron chi connectivity index (χ4n) is 3.86. The van der Waals surface area contributed by atoms with Gasteiger partial charge in [0.1, 0.15) is 12.4 Å². The van der Waals surface area contributed by atoms with Crippen LogP contribution in [0.25, 0.3) is 0 Å². The molecule has 31 heavy (non-hydrogen) atoms. The molecule has 0 saturated heterocycles. The standard InChI is InChI=1S/C25H22BrNO4/c1-17-7-2-5-12-23(17)31-14-13-27-21-11-4-3-10-20(21)25(30,24(27)29)16-22(28)18-8-6-9-19(26)15-18/h2-12,15,30H,13-14,16H2,1H3. The zero-order valence-corrected chi connectivity index (χ0v) is 18.6. The normalized spacial score (nSPS) is 17.5. The van der Waals surface area contributed by atoms with E-state index in [1.807, 2.05) is 43.3 Å². The number of hydrogen-bond acceptors (Lipinski definition) is 4. The topological polar surface area (TPSA) is 66.8 Å². The fourth-order valence-corrected chi connectivity index (χ4v) is 4.26. The van der Waals surface area contributed by atoms with E-state index in [0.717, 1.165) is 15.8 Å². The molecule has 0 saturated carbocycles. The predicted octanol–water partition coefficient (Wildman–Crippen LogP) is 4.64. The van der Waals surface area contributed by atoms with Crippen molar-refractivity contribution < 1.29 is 19.4 Å². The number of carbonyl (C=O) groups is 2. The zero-order chi connectivity index (χ0) is 22.0. The number of ether oxygens (including phenoxy) is 1. The lowest BCUT2D eigenvalue weighted by Crippen LogP contribution is -2.43. The minimum Gasteiger partial charge on any atom is -0.491 e. The van der Waals surface area contributed by atoms with E-state index >= 15 is 0 Å². The third kappa shape index (κ3) is 4.13. The highest BCUT2D eigenvalue weighted by Crippen LogP contribution is 2.42. The van der Waals surface area contributed by atoms with E-state index < -0.39 is 11.5 Å². The van der Waals surface area contributed by atoms with Crippen molar-refractivity contribution in [3.63, 3.8) is 0 Å². The number of para-hydroxylation sites is 2. The molecule has 4 rings (SSSR count). The number of aryl methyl sites for hydroxylation is 1. The third-order valence-corrected chi connectivity index (χ3v) is 5.96. The van der Waals surface area contributed by atoms with Gasteiger partial charge >= 0.3 is 0 Å². The van der Waals surface area contributed by atoms with E-state index in [2.05, 4.69) is 15.9 Å². The quantitative estimate of drug-likeness (QED) is 0.501. The molecule has 1 aliphatic heterocycles. The Bertz CT molecular complexity index is 1150. The SMILES string of the molecule is Cc1ccccc1OCCN1C(=O)C(O)(CC(=O)c2cccc(Br)c2)c2ccccc21. The van der Waals surface area contributed by atoms with Crippen LogP contribution in [0.15, 0.2) is 77.3 Å². The minimum absolute atomic E-state index is 0.261. The van der Waals surface area contributed by atoms with Crippen molar-refractivity contribution >= 4 is 33.3 Å². The number of carbonyl (C=O) groups excluding carboxylic acids is 2. The zero-order valence-electron chi connectivity index (χ0n) is 17.0. The number of ketones is 1. The van der Waals surface area contributed by atoms with Crippen molar-refractivity contribution in [2.24, 2.45) is 0 Å². The number of anilines is 1. The Morgan fingerprint density at radius 2 is 1.81 bits per heavy atom. The molecule has 1 amide bonds. The molecule has 158 valence electrons. The molecule has 3 aromatic rings. The van der Waals surface area contributed by atoms with Crippen LogP contribution in [0.1, 0.15) is 27.9 Å². The van der Waals surface area contributed by atoms with Crippen LogP contribution in [0.5, 0.6) is 5.75 Å². The molecule has 6 heteroatoms. The maximum atomic E-state index is 13.3. The highest BCUT2D eigenvalue weighted by atomic mass is 79.9. The predicted molar refractivity (Wildman–Crippen MR) is 122 cm³/mol. The Hall–Kier alpha value is -2.96. The van der Waals surface area contributed by atoms with E-state index in [1.54, 1.807) is 36.4 Å². The minimum atomic E-state index is -1.90. The smallest absolute Gasteiger partial charge is 0.264 e. The number of hydrogen-bond donors (Lipinski definition) is 1. The monoisotopic (exact) mass is 479 g/mol. The molecule has 1 unspecified atom stereocenters. The number of amides is 1. The molecule has 0 fully saturated rings. The molecular weight excluding hydrogens is 458 g/mol. The molecule has 0 bridgehead atoms. The van der Waals surface area contributed by atoms with E-state index in [0.29, 0.717) is 16.8 Å². The number of fused-ring (bicyclic) bond motifs is 1. The van der Waals surface area contributed by atoms with Crippen LogP contribution < -0.4 is 9.64 Å². The lowest BCUT2D eigenvalue weighted by Gasteiger charge is -2.23. The van der Waals surface area contributed by atoms with Crippen LogP contribution in [0.3, 0.4) is 0 Å². The summed E-state index contributed by atoms with van der Waals surface area (Å²) in [6.45, 7) is 2.48. The van der Waals surface area contributed by atoms with Gasteiger partial charge in [-0.05, 0) is 36.8 Å². The molecule has 5 nitrogen and oxygen atoms in total. The Kier molecular flexibility index (Phi) is 5.94. The highest BCUT2D eigenvalue weighted by Gasteiger charge is 2.50. The Labute approximate surface area is 189 Å². The van der Waals surface area contributed by atoms with Crippen LogP contribution in [-0.4, -0.2) is 29.9 Å². The van der Waals surface area contributed by atoms with Crippen molar-refractivity contribution in [2.75, 3.05) is 18.1 Å². The maximum absolute atomic E-state index is 13.3. The van der Waals surface area contributed by atoms with Gasteiger partial charge in [0.2, 0.25) is 0 Å². The summed E-state index contributed by atoms with van der Waals surface area (Å²) >= 11 is 3.35. The number of nitrogens with zero attached hydrogens (tertiary/aromatic N) is 1. The van der Waals surface area contributed by atoms with Crippen molar-refractivity contribution in [1.82, 2.24) is 0 Å². The lowest BCUT2D eigenvalue weighted by atomic mass is 9.88. The van der Waals surface area contributed by atoms with Gasteiger partial charge in [0.05, 0.1) is 18.7 Å². The molecule has 1 atom stereocenters. The molecule has 3 aromatic carbocycles. The molecule has 0 aliphatic carbocycles. The van der Waals surface area contributed by atoms with Crippen LogP contribution in [0.4, 0.5) is 5.69 Å². The molecule has 1 aliphatic rings. The number of halogens is 1. The van der Waals surface area contributed by atoms with Crippen molar-refractivity contribution in [3.8, 4) is 5.75 Å². The Balaban J connectivity index is 1.55. The summed E-state index contributed by atoms with van der Waals surface area (Å²) in [5, 5.41) is 11.4. The van der Waals surface area contributed by atoms with E-state index in [1.165, 1.54) is 4.90 Å². The number of Topliss-reactive ketones (excluding diaryl/α,β-unsaturated/α-hetero) is 1. The van der Waals surface area contributed by atoms with Gasteiger partial charge in [0, 0.05) is 15.6 Å². The summed E-state index contributed by atoms with van der Waals surface area (Å²) in [5.74, 6) is -0.0575. The maximum Gasteiger partial charge on any atom is 0.264 e. The van der Waals surface area contributed by atoms with Crippen LogP contribution in [0, 0.1) is 6.92 Å². The van der Waals surface area contributed by atoms with Gasteiger partial charge in [-0.15, -0.1) is 0 Å². The molecule has 0 spiro atoms. The Morgan fingerprint density at radius 1 is 1.06 bits per heavy atom. The summed E-state index contributed by atoms with van der Waals surface area (Å²) in [5.41, 5.74) is 0.587. The Morgan fingerprint density at radius 3 is 2.58 bits per heavy atom. The largest absolute Gasteiger partial charge is 0.491 e. The van der Waals surface area contributed by atoms with Crippen molar-refractivity contribution in [3.05, 3.63) is 94.0 Å². The molecular formula is C25H22BrNO4. The number of benzene rings is 3. The van der Waals surface area contributed by atoms with Crippen LogP contribution >= 0.6 is 15.9 Å². The van der Waals surface area contributed by atoms with Gasteiger partial charge in [0.25, 0.3) is 5.91 Å². The molecule has 0 aromatic heterocycles. The molecule has 0 radical (unpaired) electrons. The number of aliphatic hydroxyl groups is 1. The van der Waals surface area contributed by atoms with Crippen molar-refractivity contribution in [2.45, 2.75) is 18.9 Å². The van der Waals surface area contributed by atoms with Crippen molar-refractivity contribution in [1.29, 1.82) is 0 Å². The second-order valence-corrected chi connectivity index (χ2v) is 8.47. The van der Waals surface area contributed by atoms with Gasteiger partial charge in [-0.1, -0.05) is 64.5 Å². The molecule has 1 N–H and O–H groups in total. The summed E-state index contributed by atoms with van der Waals surface area (Å²) in [6, 6.07) is 21.6. The van der Waals surface area contributed by atoms with Gasteiger partial charge in [-0.3, -0.25) is 9.59 Å². The average molecular weight is 480 g/mol. The first-order chi connectivity index (χ1) is 14.9. The summed E-state index contributed by atoms with van der Waals surface area (Å²) in [7, 11) is 0. The fraction of sp³-hybridized carbons (Fsp3) is 0.200. The van der Waals surface area contributed by atoms with E-state index in [-0.39, 0.29) is 25.4 Å². The highest BCUT2D eigenvalue weighted by molar-refractivity contribution is 9.10. The van der Waals surface area contributed by atoms with Gasteiger partial charge < -0.3 is 14.7 Å². The number of rotatable bonds is 7. The van der Waals surface area contributed by atoms with E-state index in [4.69, 9.17) is 4.74 Å². The first-order valence-electron chi connectivity index (χ1n) is 10.0. The average Bonchev–Trinajstić information content (AvgIpc) is 2.97. The first kappa shape index (κ1) is 21.3. The first-order valence-corrected chi connectivity index (χ1v) is 10.8. The molecule has 1 heterocycles. The van der Waals surface area contributed by atoms with Gasteiger partial charge in [-0.25, -0.2) is 0 Å². The summed E-state index contributed by atoms with van der Waals surface area (Å²) < 4.78 is 6.61. The summed E-state index contributed by atoms with van der Waals surface area (Å²) in [4.78, 5) is 27.7. The van der Waals surface area contributed by atoms with Gasteiger partial charge in [0.15, 0.2) is 11.4 Å². The second-order valence-electron chi connectivity index (χ2n) is 7.56. The van der Waals surface area contributed by atoms with E-state index in [9.17, 15) is 14.7 Å². The van der Waals surface area contributed by atoms with Crippen LogP contribution in [0.2, 0.25) is 0 Å². The second kappa shape index (κ2) is 8.65. The van der Waals surface area contributed by atoms with Gasteiger partial charge in [-0.2, -0.15) is 0 Å². The third-order valence-electron chi connectivity index (χ3n) is 5.47. The summed E-state index contributed by atoms with van der Waals surface area (Å²) in [6.07, 6.45) is -0.325. The van der Waals surface area contributed by atoms with Crippen LogP contribution in [-0.2, 0) is 10.4 Å².